The summed E-state index contributed by atoms with van der Waals surface area (Å²) in [6, 6.07) is 6.59. The summed E-state index contributed by atoms with van der Waals surface area (Å²) in [7, 11) is 0. The molecule has 0 radical (unpaired) electrons. The van der Waals surface area contributed by atoms with Crippen LogP contribution in [0.5, 0.6) is 0 Å². The predicted octanol–water partition coefficient (Wildman–Crippen LogP) is 3.23. The van der Waals surface area contributed by atoms with Crippen LogP contribution in [0.15, 0.2) is 36.0 Å². The topological polar surface area (TPSA) is 47.7 Å². The van der Waals surface area contributed by atoms with Gasteiger partial charge in [0.2, 0.25) is 0 Å². The van der Waals surface area contributed by atoms with Crippen LogP contribution in [0.3, 0.4) is 0 Å². The number of fused-ring (bicyclic) bond motifs is 1. The Kier molecular flexibility index (Phi) is 3.03. The molecule has 1 aliphatic rings. The molecule has 0 amide bonds. The second-order valence-electron chi connectivity index (χ2n) is 5.20. The van der Waals surface area contributed by atoms with Crippen LogP contribution in [0.25, 0.3) is 10.6 Å². The number of rotatable bonds is 3. The van der Waals surface area contributed by atoms with Crippen molar-refractivity contribution < 1.29 is 0 Å². The molecule has 0 bridgehead atoms. The van der Waals surface area contributed by atoms with Crippen LogP contribution >= 0.6 is 11.3 Å². The third kappa shape index (κ3) is 2.15. The molecule has 3 aromatic rings. The van der Waals surface area contributed by atoms with Crippen molar-refractivity contribution in [2.24, 2.45) is 0 Å². The molecule has 1 aliphatic heterocycles. The lowest BCUT2D eigenvalue weighted by molar-refractivity contribution is 0.482. The van der Waals surface area contributed by atoms with Gasteiger partial charge >= 0.3 is 0 Å². The smallest absolute Gasteiger partial charge is 0.125 e. The van der Waals surface area contributed by atoms with Crippen molar-refractivity contribution in [2.75, 3.05) is 11.9 Å². The van der Waals surface area contributed by atoms with E-state index in [9.17, 15) is 0 Å². The summed E-state index contributed by atoms with van der Waals surface area (Å²) in [5, 5.41) is 14.7. The van der Waals surface area contributed by atoms with Gasteiger partial charge in [0.15, 0.2) is 0 Å². The van der Waals surface area contributed by atoms with Crippen LogP contribution in [-0.4, -0.2) is 26.1 Å². The molecule has 0 saturated heterocycles. The van der Waals surface area contributed by atoms with Gasteiger partial charge in [-0.1, -0.05) is 6.07 Å². The number of thiophene rings is 1. The van der Waals surface area contributed by atoms with Gasteiger partial charge < -0.3 is 5.32 Å². The first-order valence-corrected chi connectivity index (χ1v) is 8.13. The van der Waals surface area contributed by atoms with Crippen molar-refractivity contribution in [3.8, 4) is 10.6 Å². The van der Waals surface area contributed by atoms with E-state index in [1.807, 2.05) is 10.9 Å². The Bertz CT molecular complexity index is 740. The van der Waals surface area contributed by atoms with E-state index in [0.717, 1.165) is 31.0 Å². The van der Waals surface area contributed by atoms with Crippen molar-refractivity contribution in [3.63, 3.8) is 0 Å². The van der Waals surface area contributed by atoms with Crippen molar-refractivity contribution in [2.45, 2.75) is 25.9 Å². The molecule has 4 rings (SSSR count). The SMILES string of the molecule is CCn1cc(C2CCNc3cc(-c4cccs4)nn32)cn1. The van der Waals surface area contributed by atoms with Crippen LogP contribution in [0, 0.1) is 0 Å². The lowest BCUT2D eigenvalue weighted by atomic mass is 10.1. The Morgan fingerprint density at radius 1 is 1.48 bits per heavy atom. The van der Waals surface area contributed by atoms with E-state index in [1.165, 1.54) is 10.4 Å². The highest BCUT2D eigenvalue weighted by Crippen LogP contribution is 2.33. The summed E-state index contributed by atoms with van der Waals surface area (Å²) < 4.78 is 4.08. The highest BCUT2D eigenvalue weighted by molar-refractivity contribution is 7.13. The summed E-state index contributed by atoms with van der Waals surface area (Å²) in [6.45, 7) is 3.97. The molecular weight excluding hydrogens is 282 g/mol. The molecule has 1 N–H and O–H groups in total. The first kappa shape index (κ1) is 12.6. The van der Waals surface area contributed by atoms with E-state index >= 15 is 0 Å². The molecule has 108 valence electrons. The highest BCUT2D eigenvalue weighted by atomic mass is 32.1. The van der Waals surface area contributed by atoms with Crippen LogP contribution in [0.1, 0.15) is 24.9 Å². The molecule has 5 nitrogen and oxygen atoms in total. The number of hydrogen-bond donors (Lipinski definition) is 1. The fraction of sp³-hybridized carbons (Fsp3) is 0.333. The van der Waals surface area contributed by atoms with Gasteiger partial charge in [-0.15, -0.1) is 11.3 Å². The summed E-state index contributed by atoms with van der Waals surface area (Å²) in [4.78, 5) is 1.21. The van der Waals surface area contributed by atoms with Gasteiger partial charge in [0, 0.05) is 30.9 Å². The molecule has 1 unspecified atom stereocenters. The van der Waals surface area contributed by atoms with Gasteiger partial charge in [0.05, 0.1) is 17.1 Å². The molecule has 0 spiro atoms. The zero-order valence-electron chi connectivity index (χ0n) is 11.9. The average Bonchev–Trinajstić information content (AvgIpc) is 3.24. The minimum absolute atomic E-state index is 0.273. The predicted molar refractivity (Wildman–Crippen MR) is 84.7 cm³/mol. The first-order valence-electron chi connectivity index (χ1n) is 7.25. The van der Waals surface area contributed by atoms with Crippen molar-refractivity contribution in [3.05, 3.63) is 41.5 Å². The quantitative estimate of drug-likeness (QED) is 0.807. The summed E-state index contributed by atoms with van der Waals surface area (Å²) in [6.07, 6.45) is 5.13. The number of nitrogens with one attached hydrogen (secondary N) is 1. The fourth-order valence-corrected chi connectivity index (χ4v) is 3.48. The first-order chi connectivity index (χ1) is 10.3. The Labute approximate surface area is 127 Å². The zero-order chi connectivity index (χ0) is 14.2. The molecule has 6 heteroatoms. The highest BCUT2D eigenvalue weighted by Gasteiger charge is 2.24. The van der Waals surface area contributed by atoms with E-state index in [2.05, 4.69) is 51.8 Å². The van der Waals surface area contributed by atoms with Crippen LogP contribution in [0.4, 0.5) is 5.82 Å². The van der Waals surface area contributed by atoms with E-state index in [0.29, 0.717) is 0 Å². The molecule has 1 atom stereocenters. The molecule has 0 saturated carbocycles. The largest absolute Gasteiger partial charge is 0.370 e. The fourth-order valence-electron chi connectivity index (χ4n) is 2.80. The summed E-state index contributed by atoms with van der Waals surface area (Å²) in [5.41, 5.74) is 2.28. The van der Waals surface area contributed by atoms with Gasteiger partial charge in [-0.3, -0.25) is 4.68 Å². The second-order valence-corrected chi connectivity index (χ2v) is 6.14. The van der Waals surface area contributed by atoms with Gasteiger partial charge in [-0.05, 0) is 24.8 Å². The van der Waals surface area contributed by atoms with E-state index in [1.54, 1.807) is 11.3 Å². The normalized spacial score (nSPS) is 17.5. The van der Waals surface area contributed by atoms with Gasteiger partial charge in [-0.25, -0.2) is 4.68 Å². The third-order valence-corrected chi connectivity index (χ3v) is 4.78. The number of anilines is 1. The Morgan fingerprint density at radius 3 is 3.19 bits per heavy atom. The minimum Gasteiger partial charge on any atom is -0.370 e. The lowest BCUT2D eigenvalue weighted by Crippen LogP contribution is -2.24. The molecule has 21 heavy (non-hydrogen) atoms. The van der Waals surface area contributed by atoms with Gasteiger partial charge in [0.25, 0.3) is 0 Å². The summed E-state index contributed by atoms with van der Waals surface area (Å²) >= 11 is 1.72. The van der Waals surface area contributed by atoms with Crippen molar-refractivity contribution in [1.82, 2.24) is 19.6 Å². The minimum atomic E-state index is 0.273. The van der Waals surface area contributed by atoms with Gasteiger partial charge in [-0.2, -0.15) is 10.2 Å². The molecule has 0 aromatic carbocycles. The lowest BCUT2D eigenvalue weighted by Gasteiger charge is -2.24. The third-order valence-electron chi connectivity index (χ3n) is 3.89. The van der Waals surface area contributed by atoms with Crippen molar-refractivity contribution in [1.29, 1.82) is 0 Å². The van der Waals surface area contributed by atoms with Crippen LogP contribution in [-0.2, 0) is 6.54 Å². The average molecular weight is 299 g/mol. The maximum Gasteiger partial charge on any atom is 0.125 e. The molecular formula is C15H17N5S. The van der Waals surface area contributed by atoms with Crippen LogP contribution in [0.2, 0.25) is 0 Å². The zero-order valence-corrected chi connectivity index (χ0v) is 12.7. The Morgan fingerprint density at radius 2 is 2.43 bits per heavy atom. The monoisotopic (exact) mass is 299 g/mol. The summed E-state index contributed by atoms with van der Waals surface area (Å²) in [5.74, 6) is 1.10. The van der Waals surface area contributed by atoms with E-state index in [-0.39, 0.29) is 6.04 Å². The maximum atomic E-state index is 4.81. The molecule has 4 heterocycles. The van der Waals surface area contributed by atoms with Crippen LogP contribution < -0.4 is 5.32 Å². The Hall–Kier alpha value is -2.08. The molecule has 0 fully saturated rings. The van der Waals surface area contributed by atoms with E-state index in [4.69, 9.17) is 5.10 Å². The molecule has 3 aromatic heterocycles. The second kappa shape index (κ2) is 5.04. The van der Waals surface area contributed by atoms with E-state index < -0.39 is 0 Å². The standard InChI is InChI=1S/C15H17N5S/c1-2-19-10-11(9-17-19)13-5-6-16-15-8-12(18-20(13)15)14-4-3-7-21-14/h3-4,7-10,13,16H,2,5-6H2,1H3. The number of aromatic nitrogens is 4. The molecule has 0 aliphatic carbocycles. The number of aryl methyl sites for hydroxylation is 1. The number of nitrogens with zero attached hydrogens (tertiary/aromatic N) is 4. The maximum absolute atomic E-state index is 4.81. The van der Waals surface area contributed by atoms with Gasteiger partial charge in [0.1, 0.15) is 11.5 Å². The Balaban J connectivity index is 1.74. The number of hydrogen-bond acceptors (Lipinski definition) is 4. The van der Waals surface area contributed by atoms with Crippen molar-refractivity contribution >= 4 is 17.2 Å².